The average molecular weight is 406 g/mol. The van der Waals surface area contributed by atoms with E-state index in [0.29, 0.717) is 12.6 Å². The molecule has 3 aromatic rings. The number of ether oxygens (including phenoxy) is 1. The molecule has 2 aromatic carbocycles. The lowest BCUT2D eigenvalue weighted by Crippen LogP contribution is -2.73. The average Bonchev–Trinajstić information content (AvgIpc) is 3.22. The number of piperidine rings is 2. The van der Waals surface area contributed by atoms with Crippen LogP contribution in [0.15, 0.2) is 48.5 Å². The summed E-state index contributed by atoms with van der Waals surface area (Å²) in [4.78, 5) is 22.8. The summed E-state index contributed by atoms with van der Waals surface area (Å²) < 4.78 is 5.31. The Morgan fingerprint density at radius 2 is 2.10 bits per heavy atom. The van der Waals surface area contributed by atoms with Crippen LogP contribution in [0.2, 0.25) is 0 Å². The first-order chi connectivity index (χ1) is 14.6. The number of piperazine rings is 1. The standard InChI is InChI=1S/C23H27N5O2/c1-30-17-8-6-15(7-9-17)12-18(21-26-19-4-2-3-5-20(19)27-21)23-11-10-16(25-14-23)13-28(23)22(24)29/h2-9,16,18,25H,10-14H2,1H3,(H2,24,29)(H,26,27)/t16?,18-,23?/m0/s1. The molecule has 3 aliphatic rings. The fraction of sp³-hybridized carbons (Fsp3) is 0.391. The summed E-state index contributed by atoms with van der Waals surface area (Å²) in [6.45, 7) is 1.37. The van der Waals surface area contributed by atoms with Crippen LogP contribution in [0.25, 0.3) is 11.0 Å². The van der Waals surface area contributed by atoms with E-state index in [9.17, 15) is 4.79 Å². The number of nitrogens with zero attached hydrogens (tertiary/aromatic N) is 2. The monoisotopic (exact) mass is 405 g/mol. The van der Waals surface area contributed by atoms with Crippen LogP contribution in [0.1, 0.15) is 30.1 Å². The number of nitrogens with two attached hydrogens (primary N) is 1. The molecule has 2 amide bonds. The fourth-order valence-electron chi connectivity index (χ4n) is 5.20. The van der Waals surface area contributed by atoms with E-state index in [1.165, 1.54) is 5.56 Å². The topological polar surface area (TPSA) is 96.3 Å². The van der Waals surface area contributed by atoms with E-state index in [1.807, 2.05) is 41.3 Å². The molecule has 30 heavy (non-hydrogen) atoms. The number of benzene rings is 2. The molecule has 2 bridgehead atoms. The maximum atomic E-state index is 12.5. The van der Waals surface area contributed by atoms with Gasteiger partial charge in [-0.25, -0.2) is 9.78 Å². The summed E-state index contributed by atoms with van der Waals surface area (Å²) >= 11 is 0. The molecule has 3 aliphatic heterocycles. The van der Waals surface area contributed by atoms with Crippen molar-refractivity contribution in [2.75, 3.05) is 20.2 Å². The number of aromatic amines is 1. The first-order valence-electron chi connectivity index (χ1n) is 10.5. The number of primary amides is 1. The van der Waals surface area contributed by atoms with Crippen molar-refractivity contribution in [1.29, 1.82) is 0 Å². The zero-order valence-corrected chi connectivity index (χ0v) is 17.1. The third kappa shape index (κ3) is 3.10. The summed E-state index contributed by atoms with van der Waals surface area (Å²) in [6.07, 6.45) is 2.69. The molecule has 0 spiro atoms. The molecule has 3 atom stereocenters. The smallest absolute Gasteiger partial charge is 0.315 e. The molecular formula is C23H27N5O2. The van der Waals surface area contributed by atoms with Gasteiger partial charge in [-0.05, 0) is 49.1 Å². The highest BCUT2D eigenvalue weighted by atomic mass is 16.5. The second-order valence-electron chi connectivity index (χ2n) is 8.41. The van der Waals surface area contributed by atoms with Crippen molar-refractivity contribution in [2.24, 2.45) is 5.73 Å². The van der Waals surface area contributed by atoms with Gasteiger partial charge in [0.25, 0.3) is 0 Å². The Kier molecular flexibility index (Phi) is 4.62. The molecule has 4 heterocycles. The highest BCUT2D eigenvalue weighted by Gasteiger charge is 2.53. The molecule has 1 aromatic heterocycles. The molecule has 7 heteroatoms. The zero-order chi connectivity index (χ0) is 20.7. The molecule has 6 rings (SSSR count). The van der Waals surface area contributed by atoms with E-state index in [2.05, 4.69) is 22.4 Å². The highest BCUT2D eigenvalue weighted by Crippen LogP contribution is 2.44. The molecule has 2 unspecified atom stereocenters. The maximum absolute atomic E-state index is 12.5. The second kappa shape index (κ2) is 7.32. The number of urea groups is 1. The maximum Gasteiger partial charge on any atom is 0.315 e. The molecule has 0 aliphatic carbocycles. The SMILES string of the molecule is COc1ccc(C[C@@H](c2nc3ccccc3[nH]2)C23CCC(CN2C(N)=O)NC3)cc1. The summed E-state index contributed by atoms with van der Waals surface area (Å²) in [5, 5.41) is 3.62. The Bertz CT molecular complexity index is 1020. The number of amides is 2. The first-order valence-corrected chi connectivity index (χ1v) is 10.5. The van der Waals surface area contributed by atoms with Gasteiger partial charge in [0.2, 0.25) is 0 Å². The summed E-state index contributed by atoms with van der Waals surface area (Å²) in [5.74, 6) is 1.72. The lowest BCUT2D eigenvalue weighted by molar-refractivity contribution is 0.00159. The van der Waals surface area contributed by atoms with Crippen LogP contribution < -0.4 is 15.8 Å². The lowest BCUT2D eigenvalue weighted by Gasteiger charge is -2.57. The Hall–Kier alpha value is -3.06. The number of H-pyrrole nitrogens is 1. The largest absolute Gasteiger partial charge is 0.497 e. The van der Waals surface area contributed by atoms with Gasteiger partial charge in [-0.15, -0.1) is 0 Å². The van der Waals surface area contributed by atoms with Gasteiger partial charge in [-0.1, -0.05) is 24.3 Å². The van der Waals surface area contributed by atoms with Gasteiger partial charge in [0, 0.05) is 25.0 Å². The predicted octanol–water partition coefficient (Wildman–Crippen LogP) is 2.78. The van der Waals surface area contributed by atoms with Crippen LogP contribution in [0.3, 0.4) is 0 Å². The molecule has 0 saturated carbocycles. The van der Waals surface area contributed by atoms with E-state index in [-0.39, 0.29) is 11.9 Å². The van der Waals surface area contributed by atoms with E-state index >= 15 is 0 Å². The summed E-state index contributed by atoms with van der Waals surface area (Å²) in [5.41, 5.74) is 8.58. The fourth-order valence-corrected chi connectivity index (χ4v) is 5.20. The van der Waals surface area contributed by atoms with Crippen LogP contribution in [-0.2, 0) is 6.42 Å². The minimum absolute atomic E-state index is 0.0143. The number of methoxy groups -OCH3 is 1. The van der Waals surface area contributed by atoms with Crippen LogP contribution in [-0.4, -0.2) is 52.7 Å². The Labute approximate surface area is 175 Å². The molecule has 3 fully saturated rings. The number of hydrogen-bond acceptors (Lipinski definition) is 4. The first kappa shape index (κ1) is 18.9. The molecular weight excluding hydrogens is 378 g/mol. The van der Waals surface area contributed by atoms with Gasteiger partial charge in [-0.3, -0.25) is 0 Å². The predicted molar refractivity (Wildman–Crippen MR) is 116 cm³/mol. The number of carbonyl (C=O) groups is 1. The Balaban J connectivity index is 1.60. The van der Waals surface area contributed by atoms with Gasteiger partial charge < -0.3 is 25.7 Å². The molecule has 3 saturated heterocycles. The number of nitrogens with one attached hydrogen (secondary N) is 2. The molecule has 0 radical (unpaired) electrons. The Morgan fingerprint density at radius 1 is 1.30 bits per heavy atom. The van der Waals surface area contributed by atoms with Crippen molar-refractivity contribution < 1.29 is 9.53 Å². The van der Waals surface area contributed by atoms with Crippen molar-refractivity contribution in [3.05, 3.63) is 59.9 Å². The lowest BCUT2D eigenvalue weighted by atomic mass is 9.69. The quantitative estimate of drug-likeness (QED) is 0.608. The number of aromatic nitrogens is 2. The molecule has 7 nitrogen and oxygen atoms in total. The van der Waals surface area contributed by atoms with Crippen molar-refractivity contribution >= 4 is 17.1 Å². The third-order valence-electron chi connectivity index (χ3n) is 6.81. The minimum Gasteiger partial charge on any atom is -0.497 e. The molecule has 156 valence electrons. The molecule has 4 N–H and O–H groups in total. The van der Waals surface area contributed by atoms with E-state index in [0.717, 1.165) is 48.4 Å². The summed E-state index contributed by atoms with van der Waals surface area (Å²) in [6, 6.07) is 16.1. The normalized spacial score (nSPS) is 24.2. The number of carbonyl (C=O) groups excluding carboxylic acids is 1. The van der Waals surface area contributed by atoms with Gasteiger partial charge >= 0.3 is 6.03 Å². The van der Waals surface area contributed by atoms with Crippen molar-refractivity contribution in [1.82, 2.24) is 20.2 Å². The number of para-hydroxylation sites is 2. The van der Waals surface area contributed by atoms with Crippen molar-refractivity contribution in [3.8, 4) is 5.75 Å². The van der Waals surface area contributed by atoms with Crippen LogP contribution >= 0.6 is 0 Å². The minimum atomic E-state index is -0.408. The zero-order valence-electron chi connectivity index (χ0n) is 17.1. The van der Waals surface area contributed by atoms with Gasteiger partial charge in [0.15, 0.2) is 0 Å². The van der Waals surface area contributed by atoms with Crippen molar-refractivity contribution in [2.45, 2.75) is 36.8 Å². The number of hydrogen-bond donors (Lipinski definition) is 3. The van der Waals surface area contributed by atoms with E-state index in [1.54, 1.807) is 7.11 Å². The van der Waals surface area contributed by atoms with Gasteiger partial charge in [0.1, 0.15) is 11.6 Å². The number of fused-ring (bicyclic) bond motifs is 4. The summed E-state index contributed by atoms with van der Waals surface area (Å²) in [7, 11) is 1.67. The third-order valence-corrected chi connectivity index (χ3v) is 6.81. The number of rotatable bonds is 5. The van der Waals surface area contributed by atoms with Crippen molar-refractivity contribution in [3.63, 3.8) is 0 Å². The highest BCUT2D eigenvalue weighted by molar-refractivity contribution is 5.76. The van der Waals surface area contributed by atoms with E-state index in [4.69, 9.17) is 15.5 Å². The number of imidazole rings is 1. The van der Waals surface area contributed by atoms with Crippen LogP contribution in [0, 0.1) is 0 Å². The van der Waals surface area contributed by atoms with Gasteiger partial charge in [-0.2, -0.15) is 0 Å². The van der Waals surface area contributed by atoms with Crippen LogP contribution in [0.4, 0.5) is 4.79 Å². The van der Waals surface area contributed by atoms with E-state index < -0.39 is 5.54 Å². The Morgan fingerprint density at radius 3 is 2.77 bits per heavy atom. The van der Waals surface area contributed by atoms with Crippen LogP contribution in [0.5, 0.6) is 5.75 Å². The second-order valence-corrected chi connectivity index (χ2v) is 8.41. The van der Waals surface area contributed by atoms with Gasteiger partial charge in [0.05, 0.1) is 23.7 Å².